The summed E-state index contributed by atoms with van der Waals surface area (Å²) in [7, 11) is 4.57. The van der Waals surface area contributed by atoms with E-state index < -0.39 is 0 Å². The molecular weight excluding hydrogens is 444 g/mol. The van der Waals surface area contributed by atoms with Crippen LogP contribution >= 0.6 is 0 Å². The maximum absolute atomic E-state index is 13.1. The third-order valence-electron chi connectivity index (χ3n) is 5.79. The molecule has 0 saturated carbocycles. The van der Waals surface area contributed by atoms with Crippen LogP contribution in [0.5, 0.6) is 17.2 Å². The molecule has 174 valence electrons. The highest BCUT2D eigenvalue weighted by atomic mass is 35.5. The SMILES string of the molecule is COc1cc(C2=C(c3cn(CCC[NH3+])c4ccccc34)C(=O)CC2=O)cc(OC)c1OC.[Cl-]. The van der Waals surface area contributed by atoms with Crippen molar-refractivity contribution in [3.63, 3.8) is 0 Å². The first kappa shape index (κ1) is 24.4. The van der Waals surface area contributed by atoms with Crippen LogP contribution in [-0.2, 0) is 16.1 Å². The summed E-state index contributed by atoms with van der Waals surface area (Å²) in [4.78, 5) is 26.1. The van der Waals surface area contributed by atoms with E-state index in [1.165, 1.54) is 21.3 Å². The number of hydrogen-bond donors (Lipinski definition) is 1. The molecule has 0 aliphatic heterocycles. The van der Waals surface area contributed by atoms with Gasteiger partial charge in [0.25, 0.3) is 0 Å². The second-order valence-electron chi connectivity index (χ2n) is 7.65. The Bertz CT molecular complexity index is 1220. The maximum atomic E-state index is 13.1. The molecule has 0 saturated heterocycles. The largest absolute Gasteiger partial charge is 1.00 e. The number of nitrogens with zero attached hydrogens (tertiary/aromatic N) is 1. The third-order valence-corrected chi connectivity index (χ3v) is 5.79. The number of hydrogen-bond acceptors (Lipinski definition) is 5. The Morgan fingerprint density at radius 3 is 2.18 bits per heavy atom. The Balaban J connectivity index is 0.00000306. The Hall–Kier alpha value is -3.29. The number of fused-ring (bicyclic) bond motifs is 1. The number of carbonyl (C=O) groups is 2. The van der Waals surface area contributed by atoms with Crippen molar-refractivity contribution >= 4 is 33.6 Å². The second kappa shape index (κ2) is 10.1. The number of halogens is 1. The monoisotopic (exact) mass is 470 g/mol. The van der Waals surface area contributed by atoms with Crippen LogP contribution in [0.15, 0.2) is 42.6 Å². The summed E-state index contributed by atoms with van der Waals surface area (Å²) < 4.78 is 18.5. The zero-order chi connectivity index (χ0) is 22.8. The number of benzene rings is 2. The Morgan fingerprint density at radius 1 is 0.939 bits per heavy atom. The van der Waals surface area contributed by atoms with Crippen molar-refractivity contribution in [2.75, 3.05) is 27.9 Å². The number of allylic oxidation sites excluding steroid dienone is 2. The summed E-state index contributed by atoms with van der Waals surface area (Å²) in [5.74, 6) is 0.896. The lowest BCUT2D eigenvalue weighted by molar-refractivity contribution is -0.368. The van der Waals surface area contributed by atoms with E-state index in [1.807, 2.05) is 30.5 Å². The van der Waals surface area contributed by atoms with Crippen molar-refractivity contribution in [1.29, 1.82) is 0 Å². The molecule has 8 heteroatoms. The number of ketones is 2. The van der Waals surface area contributed by atoms with E-state index >= 15 is 0 Å². The molecule has 1 aliphatic rings. The topological polar surface area (TPSA) is 94.4 Å². The van der Waals surface area contributed by atoms with Crippen molar-refractivity contribution in [3.05, 3.63) is 53.7 Å². The molecule has 0 radical (unpaired) electrons. The minimum atomic E-state index is -0.214. The summed E-state index contributed by atoms with van der Waals surface area (Å²) in [6, 6.07) is 11.4. The normalized spacial score (nSPS) is 13.5. The van der Waals surface area contributed by atoms with Crippen LogP contribution < -0.4 is 32.4 Å². The number of rotatable bonds is 8. The molecule has 1 heterocycles. The van der Waals surface area contributed by atoms with Gasteiger partial charge in [-0.25, -0.2) is 0 Å². The predicted molar refractivity (Wildman–Crippen MR) is 122 cm³/mol. The van der Waals surface area contributed by atoms with Gasteiger partial charge in [0.1, 0.15) is 0 Å². The van der Waals surface area contributed by atoms with Crippen LogP contribution in [0.4, 0.5) is 0 Å². The molecular formula is C25H27ClN2O5. The van der Waals surface area contributed by atoms with E-state index in [2.05, 4.69) is 10.3 Å². The fourth-order valence-corrected chi connectivity index (χ4v) is 4.33. The molecule has 3 N–H and O–H groups in total. The smallest absolute Gasteiger partial charge is 0.203 e. The summed E-state index contributed by atoms with van der Waals surface area (Å²) in [6.45, 7) is 1.61. The molecule has 0 fully saturated rings. The van der Waals surface area contributed by atoms with Gasteiger partial charge >= 0.3 is 0 Å². The van der Waals surface area contributed by atoms with Crippen molar-refractivity contribution < 1.29 is 41.9 Å². The van der Waals surface area contributed by atoms with Crippen LogP contribution in [0.25, 0.3) is 22.0 Å². The number of quaternary nitrogens is 1. The highest BCUT2D eigenvalue weighted by Crippen LogP contribution is 2.44. The minimum Gasteiger partial charge on any atom is -1.00 e. The highest BCUT2D eigenvalue weighted by molar-refractivity contribution is 6.51. The summed E-state index contributed by atoms with van der Waals surface area (Å²) >= 11 is 0. The molecule has 0 spiro atoms. The molecule has 7 nitrogen and oxygen atoms in total. The van der Waals surface area contributed by atoms with Crippen LogP contribution in [0.2, 0.25) is 0 Å². The summed E-state index contributed by atoms with van der Waals surface area (Å²) in [5, 5.41) is 0.944. The van der Waals surface area contributed by atoms with Crippen LogP contribution in [0.1, 0.15) is 24.0 Å². The van der Waals surface area contributed by atoms with Crippen molar-refractivity contribution in [2.24, 2.45) is 0 Å². The van der Waals surface area contributed by atoms with Crippen LogP contribution in [-0.4, -0.2) is 44.0 Å². The lowest BCUT2D eigenvalue weighted by Crippen LogP contribution is -3.00. The average molecular weight is 471 g/mol. The molecule has 0 unspecified atom stereocenters. The second-order valence-corrected chi connectivity index (χ2v) is 7.65. The number of ether oxygens (including phenoxy) is 3. The van der Waals surface area contributed by atoms with Gasteiger partial charge in [-0.3, -0.25) is 9.59 Å². The summed E-state index contributed by atoms with van der Waals surface area (Å²) in [5.41, 5.74) is 7.12. The minimum absolute atomic E-state index is 0. The zero-order valence-electron chi connectivity index (χ0n) is 18.9. The average Bonchev–Trinajstić information content (AvgIpc) is 3.32. The number of carbonyl (C=O) groups excluding carboxylic acids is 2. The van der Waals surface area contributed by atoms with Crippen molar-refractivity contribution in [2.45, 2.75) is 19.4 Å². The van der Waals surface area contributed by atoms with Crippen molar-refractivity contribution in [3.8, 4) is 17.2 Å². The molecule has 0 atom stereocenters. The van der Waals surface area contributed by atoms with Crippen LogP contribution in [0.3, 0.4) is 0 Å². The van der Waals surface area contributed by atoms with Gasteiger partial charge in [0.05, 0.1) is 34.3 Å². The van der Waals surface area contributed by atoms with Crippen LogP contribution in [0, 0.1) is 0 Å². The quantitative estimate of drug-likeness (QED) is 0.458. The molecule has 2 aromatic carbocycles. The Morgan fingerprint density at radius 2 is 1.58 bits per heavy atom. The van der Waals surface area contributed by atoms with Crippen molar-refractivity contribution in [1.82, 2.24) is 4.57 Å². The van der Waals surface area contributed by atoms with E-state index in [9.17, 15) is 9.59 Å². The number of aryl methyl sites for hydroxylation is 1. The lowest BCUT2D eigenvalue weighted by Gasteiger charge is -2.15. The Kier molecular flexibility index (Phi) is 7.46. The molecule has 0 bridgehead atoms. The lowest BCUT2D eigenvalue weighted by atomic mass is 9.95. The van der Waals surface area contributed by atoms with E-state index in [0.717, 1.165) is 36.0 Å². The highest BCUT2D eigenvalue weighted by Gasteiger charge is 2.35. The van der Waals surface area contributed by atoms with E-state index in [1.54, 1.807) is 12.1 Å². The first-order valence-electron chi connectivity index (χ1n) is 10.5. The third kappa shape index (κ3) is 4.21. The summed E-state index contributed by atoms with van der Waals surface area (Å²) in [6.07, 6.45) is 2.74. The molecule has 4 rings (SSSR count). The standard InChI is InChI=1S/C25H26N2O5.ClH/c1-30-21-11-15(12-22(31-2)25(21)32-3)23-19(28)13-20(29)24(23)17-14-27(10-6-9-26)18-8-5-4-7-16(17)18;/h4-5,7-8,11-12,14H,6,9-10,13,26H2,1-3H3;1H. The van der Waals surface area contributed by atoms with Gasteiger partial charge in [0, 0.05) is 46.8 Å². The fourth-order valence-electron chi connectivity index (χ4n) is 4.33. The molecule has 33 heavy (non-hydrogen) atoms. The van der Waals surface area contributed by atoms with E-state index in [4.69, 9.17) is 14.2 Å². The first-order chi connectivity index (χ1) is 15.5. The van der Waals surface area contributed by atoms with Gasteiger partial charge in [-0.05, 0) is 23.8 Å². The number of methoxy groups -OCH3 is 3. The molecule has 1 aromatic heterocycles. The molecule has 1 aliphatic carbocycles. The Labute approximate surface area is 198 Å². The van der Waals surface area contributed by atoms with Gasteiger partial charge < -0.3 is 36.9 Å². The number of Topliss-reactive ketones (excluding diaryl/α,β-unsaturated/α-hetero) is 2. The van der Waals surface area contributed by atoms with Gasteiger partial charge in [0.15, 0.2) is 23.1 Å². The number of aromatic nitrogens is 1. The maximum Gasteiger partial charge on any atom is 0.203 e. The fraction of sp³-hybridized carbons (Fsp3) is 0.280. The molecule has 0 amide bonds. The van der Waals surface area contributed by atoms with Gasteiger partial charge in [-0.1, -0.05) is 18.2 Å². The molecule has 3 aromatic rings. The zero-order valence-corrected chi connectivity index (χ0v) is 19.7. The van der Waals surface area contributed by atoms with E-state index in [0.29, 0.717) is 34.0 Å². The van der Waals surface area contributed by atoms with Gasteiger partial charge in [0.2, 0.25) is 5.75 Å². The first-order valence-corrected chi connectivity index (χ1v) is 10.5. The van der Waals surface area contributed by atoms with Gasteiger partial charge in [-0.15, -0.1) is 0 Å². The predicted octanol–water partition coefficient (Wildman–Crippen LogP) is -0.244. The van der Waals surface area contributed by atoms with Gasteiger partial charge in [-0.2, -0.15) is 0 Å². The number of para-hydroxylation sites is 1. The van der Waals surface area contributed by atoms with E-state index in [-0.39, 0.29) is 30.4 Å².